The summed E-state index contributed by atoms with van der Waals surface area (Å²) in [5.41, 5.74) is 26.0. The van der Waals surface area contributed by atoms with Gasteiger partial charge < -0.3 is 0 Å². The van der Waals surface area contributed by atoms with E-state index in [-0.39, 0.29) is 5.41 Å². The van der Waals surface area contributed by atoms with E-state index in [1.54, 1.807) is 0 Å². The number of para-hydroxylation sites is 3. The smallest absolute Gasteiger partial charge is 0.164 e. The summed E-state index contributed by atoms with van der Waals surface area (Å²) in [5.74, 6) is 2.82. The molecule has 0 N–H and O–H groups in total. The van der Waals surface area contributed by atoms with Gasteiger partial charge in [-0.2, -0.15) is 0 Å². The highest BCUT2D eigenvalue weighted by Crippen LogP contribution is 2.56. The zero-order valence-corrected chi connectivity index (χ0v) is 50.7. The first-order valence-electron chi connectivity index (χ1n) is 31.2. The fourth-order valence-electron chi connectivity index (χ4n) is 14.5. The van der Waals surface area contributed by atoms with Crippen LogP contribution in [0.25, 0.3) is 167 Å². The molecule has 0 bridgehead atoms. The van der Waals surface area contributed by atoms with Gasteiger partial charge in [0.15, 0.2) is 17.5 Å². The summed E-state index contributed by atoms with van der Waals surface area (Å²) >= 11 is 0. The van der Waals surface area contributed by atoms with Crippen LogP contribution in [0.2, 0.25) is 0 Å². The van der Waals surface area contributed by atoms with Gasteiger partial charge in [-0.15, -0.1) is 0 Å². The van der Waals surface area contributed by atoms with E-state index < -0.39 is 0 Å². The van der Waals surface area contributed by atoms with Crippen molar-refractivity contribution < 1.29 is 0 Å². The van der Waals surface area contributed by atoms with E-state index in [9.17, 15) is 0 Å². The van der Waals surface area contributed by atoms with E-state index in [0.717, 1.165) is 72.6 Å². The summed E-state index contributed by atoms with van der Waals surface area (Å²) in [5, 5.41) is 7.58. The van der Waals surface area contributed by atoms with Gasteiger partial charge in [-0.1, -0.05) is 257 Å². The Kier molecular flexibility index (Phi) is 12.5. The van der Waals surface area contributed by atoms with Crippen LogP contribution >= 0.6 is 0 Å². The summed E-state index contributed by atoms with van der Waals surface area (Å²) < 4.78 is 2.26. The van der Waals surface area contributed by atoms with Crippen molar-refractivity contribution in [2.24, 2.45) is 0 Å². The molecule has 0 unspecified atom stereocenters. The van der Waals surface area contributed by atoms with E-state index in [1.165, 1.54) is 93.5 Å². The molecule has 17 rings (SSSR count). The number of benzene rings is 13. The Morgan fingerprint density at radius 3 is 1.65 bits per heavy atom. The highest BCUT2D eigenvalue weighted by Gasteiger charge is 2.36. The lowest BCUT2D eigenvalue weighted by Crippen LogP contribution is -2.15. The van der Waals surface area contributed by atoms with E-state index in [1.807, 2.05) is 30.4 Å². The average molecular weight is 1160 g/mol. The predicted octanol–water partition coefficient (Wildman–Crippen LogP) is 22.4. The molecule has 0 saturated carbocycles. The minimum absolute atomic E-state index is 0.253. The van der Waals surface area contributed by atoms with Crippen LogP contribution in [0.1, 0.15) is 37.5 Å². The lowest BCUT2D eigenvalue weighted by Gasteiger charge is -2.23. The van der Waals surface area contributed by atoms with Crippen molar-refractivity contribution in [2.75, 3.05) is 0 Å². The number of aromatic nitrogens is 5. The van der Waals surface area contributed by atoms with Crippen molar-refractivity contribution in [2.45, 2.75) is 26.2 Å². The average Bonchev–Trinajstić information content (AvgIpc) is 1.57. The Morgan fingerprint density at radius 2 is 0.934 bits per heavy atom. The highest BCUT2D eigenvalue weighted by molar-refractivity contribution is 6.23. The largest absolute Gasteiger partial charge is 0.292 e. The summed E-state index contributed by atoms with van der Waals surface area (Å²) in [4.78, 5) is 21.0. The SMILES string of the molecule is C=C/C=C\C(=C/C)c1ccc(-c2ccc(-c3cccc(-c4nc(-c5ccccc5)nc(-c5cc6c7c(ccc8cc(-c9ccccc9)cc(c87)C6(C)C)c5)n4)c3)cc2)c2c1-c1cccc3c(-c4ccc(-c5nc6ccccc6n5-c5ccccc5)cc4)ccc-2c13. The van der Waals surface area contributed by atoms with Crippen molar-refractivity contribution in [1.82, 2.24) is 24.5 Å². The quantitative estimate of drug-likeness (QED) is 0.0904. The van der Waals surface area contributed by atoms with Gasteiger partial charge in [0.25, 0.3) is 0 Å². The first-order chi connectivity index (χ1) is 44.8. The second-order valence-corrected chi connectivity index (χ2v) is 24.4. The van der Waals surface area contributed by atoms with E-state index >= 15 is 0 Å². The van der Waals surface area contributed by atoms with Gasteiger partial charge >= 0.3 is 0 Å². The molecular weight excluding hydrogens is 1100 g/mol. The number of rotatable bonds is 12. The number of nitrogens with zero attached hydrogens (tertiary/aromatic N) is 5. The summed E-state index contributed by atoms with van der Waals surface area (Å²) in [6, 6.07) is 96.5. The Labute approximate surface area is 529 Å². The van der Waals surface area contributed by atoms with Crippen molar-refractivity contribution >= 4 is 48.9 Å². The van der Waals surface area contributed by atoms with Crippen LogP contribution in [-0.2, 0) is 5.41 Å². The maximum atomic E-state index is 5.36. The lowest BCUT2D eigenvalue weighted by molar-refractivity contribution is 0.663. The van der Waals surface area contributed by atoms with Gasteiger partial charge in [-0.3, -0.25) is 4.57 Å². The standard InChI is InChI=1S/C86H59N5/c1-5-7-21-53(6-2)68-45-46-69(81-72-47-44-67(70-30-20-31-71(79(70)72)80(68)81)56-38-40-59(41-39-56)85-87-75-32-17-18-33-76(75)91(85)66-28-15-10-16-29-66)57-36-34-55(35-37-57)60-26-19-27-63(48-60)83-88-82(58-24-13-9-14-25-58)89-84(90-83)65-50-62-43-42-61-49-64(54-22-11-8-12-23-54)51-73-77(61)78(62)74(52-65)86(73,3)4/h5-52H,1H2,2-4H3/b21-7-,53-6+. The van der Waals surface area contributed by atoms with Crippen LogP contribution < -0.4 is 0 Å². The number of fused-ring (bicyclic) bond motifs is 4. The van der Waals surface area contributed by atoms with Gasteiger partial charge in [0.05, 0.1) is 11.0 Å². The number of hydrogen-bond donors (Lipinski definition) is 0. The minimum Gasteiger partial charge on any atom is -0.292 e. The zero-order chi connectivity index (χ0) is 60.9. The van der Waals surface area contributed by atoms with Crippen molar-refractivity contribution in [3.63, 3.8) is 0 Å². The third kappa shape index (κ3) is 8.76. The molecule has 5 heteroatoms. The van der Waals surface area contributed by atoms with Crippen LogP contribution in [0.4, 0.5) is 0 Å². The Balaban J connectivity index is 0.730. The number of imidazole rings is 1. The Morgan fingerprint density at radius 1 is 0.396 bits per heavy atom. The lowest BCUT2D eigenvalue weighted by atomic mass is 9.80. The van der Waals surface area contributed by atoms with Crippen LogP contribution in [0.15, 0.2) is 298 Å². The Hall–Kier alpha value is -11.7. The van der Waals surface area contributed by atoms with Crippen LogP contribution in [-0.4, -0.2) is 24.5 Å². The molecule has 5 nitrogen and oxygen atoms in total. The maximum Gasteiger partial charge on any atom is 0.164 e. The number of allylic oxidation sites excluding steroid dienone is 5. The van der Waals surface area contributed by atoms with Crippen LogP contribution in [0.3, 0.4) is 0 Å². The molecule has 0 fully saturated rings. The van der Waals surface area contributed by atoms with Gasteiger partial charge in [0.1, 0.15) is 5.82 Å². The summed E-state index contributed by atoms with van der Waals surface area (Å²) in [6.45, 7) is 10.9. The second-order valence-electron chi connectivity index (χ2n) is 24.4. The Bertz CT molecular complexity index is 5540. The first kappa shape index (κ1) is 53.6. The molecule has 2 aliphatic rings. The first-order valence-corrected chi connectivity index (χ1v) is 31.2. The van der Waals surface area contributed by atoms with Gasteiger partial charge in [-0.25, -0.2) is 19.9 Å². The third-order valence-corrected chi connectivity index (χ3v) is 18.9. The molecule has 0 radical (unpaired) electrons. The molecule has 13 aromatic carbocycles. The van der Waals surface area contributed by atoms with Crippen molar-refractivity contribution in [3.05, 3.63) is 314 Å². The third-order valence-electron chi connectivity index (χ3n) is 18.9. The number of hydrogen-bond acceptors (Lipinski definition) is 4. The molecule has 428 valence electrons. The summed E-state index contributed by atoms with van der Waals surface area (Å²) in [6.07, 6.45) is 8.25. The van der Waals surface area contributed by atoms with Gasteiger partial charge in [0.2, 0.25) is 0 Å². The van der Waals surface area contributed by atoms with E-state index in [2.05, 4.69) is 293 Å². The molecule has 0 atom stereocenters. The topological polar surface area (TPSA) is 56.5 Å². The highest BCUT2D eigenvalue weighted by atomic mass is 15.1. The molecular formula is C86H59N5. The zero-order valence-electron chi connectivity index (χ0n) is 50.7. The second kappa shape index (κ2) is 21.3. The minimum atomic E-state index is -0.253. The van der Waals surface area contributed by atoms with E-state index in [0.29, 0.717) is 17.5 Å². The monoisotopic (exact) mass is 1160 g/mol. The fourth-order valence-corrected chi connectivity index (χ4v) is 14.5. The van der Waals surface area contributed by atoms with Gasteiger partial charge in [-0.05, 0) is 183 Å². The molecule has 0 saturated heterocycles. The molecule has 2 aliphatic carbocycles. The normalized spacial score (nSPS) is 12.9. The van der Waals surface area contributed by atoms with Crippen LogP contribution in [0.5, 0.6) is 0 Å². The molecule has 2 heterocycles. The molecule has 0 amide bonds. The van der Waals surface area contributed by atoms with Gasteiger partial charge in [0, 0.05) is 33.4 Å². The molecule has 0 spiro atoms. The summed E-state index contributed by atoms with van der Waals surface area (Å²) in [7, 11) is 0. The maximum absolute atomic E-state index is 5.36. The molecule has 91 heavy (non-hydrogen) atoms. The predicted molar refractivity (Wildman–Crippen MR) is 380 cm³/mol. The molecule has 0 aliphatic heterocycles. The van der Waals surface area contributed by atoms with Crippen LogP contribution in [0, 0.1) is 0 Å². The fraction of sp³-hybridized carbons (Fsp3) is 0.0465. The van der Waals surface area contributed by atoms with E-state index in [4.69, 9.17) is 19.9 Å². The van der Waals surface area contributed by atoms with Crippen molar-refractivity contribution in [1.29, 1.82) is 0 Å². The molecule has 15 aromatic rings. The van der Waals surface area contributed by atoms with Crippen molar-refractivity contribution in [3.8, 4) is 118 Å². The molecule has 2 aromatic heterocycles.